The molecule has 0 atom stereocenters. The first-order valence-electron chi connectivity index (χ1n) is 8.57. The fraction of sp³-hybridized carbons (Fsp3) is 0.174. The number of rotatable bonds is 4. The van der Waals surface area contributed by atoms with Crippen molar-refractivity contribution in [3.8, 4) is 11.5 Å². The topological polar surface area (TPSA) is 35.5 Å². The van der Waals surface area contributed by atoms with E-state index in [1.807, 2.05) is 49.4 Å². The number of aryl methyl sites for hydroxylation is 1. The highest BCUT2D eigenvalue weighted by Gasteiger charge is 2.22. The van der Waals surface area contributed by atoms with Crippen molar-refractivity contribution in [2.45, 2.75) is 26.2 Å². The molecule has 3 aromatic rings. The Bertz CT molecular complexity index is 864. The van der Waals surface area contributed by atoms with Crippen molar-refractivity contribution in [3.05, 3.63) is 95.6 Å². The Morgan fingerprint density at radius 1 is 0.692 bits per heavy atom. The van der Waals surface area contributed by atoms with Crippen molar-refractivity contribution in [2.75, 3.05) is 0 Å². The summed E-state index contributed by atoms with van der Waals surface area (Å²) in [6, 6.07) is 25.1. The molecule has 0 amide bonds. The Hall–Kier alpha value is -3.07. The number of hydrogen-bond donors (Lipinski definition) is 0. The van der Waals surface area contributed by atoms with E-state index in [1.54, 1.807) is 24.3 Å². The van der Waals surface area contributed by atoms with Gasteiger partial charge in [0.1, 0.15) is 11.5 Å². The molecule has 0 fully saturated rings. The van der Waals surface area contributed by atoms with Gasteiger partial charge in [0.25, 0.3) is 0 Å². The Kier molecular flexibility index (Phi) is 5.08. The third kappa shape index (κ3) is 4.12. The maximum absolute atomic E-state index is 11.9. The molecule has 0 unspecified atom stereocenters. The van der Waals surface area contributed by atoms with E-state index in [9.17, 15) is 4.79 Å². The van der Waals surface area contributed by atoms with Crippen LogP contribution in [0.4, 0.5) is 4.79 Å². The fourth-order valence-electron chi connectivity index (χ4n) is 2.78. The van der Waals surface area contributed by atoms with Gasteiger partial charge in [-0.05, 0) is 42.3 Å². The van der Waals surface area contributed by atoms with Crippen molar-refractivity contribution in [2.24, 2.45) is 0 Å². The quantitative estimate of drug-likeness (QED) is 0.436. The van der Waals surface area contributed by atoms with Crippen molar-refractivity contribution in [1.29, 1.82) is 0 Å². The van der Waals surface area contributed by atoms with E-state index in [0.29, 0.717) is 11.5 Å². The molecule has 0 saturated heterocycles. The molecular weight excluding hydrogens is 324 g/mol. The van der Waals surface area contributed by atoms with Gasteiger partial charge in [0.15, 0.2) is 0 Å². The fourth-order valence-corrected chi connectivity index (χ4v) is 2.78. The molecule has 0 saturated carbocycles. The number of hydrogen-bond acceptors (Lipinski definition) is 3. The van der Waals surface area contributed by atoms with Gasteiger partial charge in [-0.3, -0.25) is 0 Å². The SMILES string of the molecule is Cc1ccc(OC(=O)Oc2ccc(C(C)(C)c3ccccc3)cc2)cc1. The van der Waals surface area contributed by atoms with E-state index in [0.717, 1.165) is 11.1 Å². The monoisotopic (exact) mass is 346 g/mol. The lowest BCUT2D eigenvalue weighted by Crippen LogP contribution is -2.19. The van der Waals surface area contributed by atoms with E-state index in [1.165, 1.54) is 5.56 Å². The van der Waals surface area contributed by atoms with Crippen LogP contribution in [0.2, 0.25) is 0 Å². The average Bonchev–Trinajstić information content (AvgIpc) is 2.65. The molecule has 0 aliphatic rings. The largest absolute Gasteiger partial charge is 0.519 e. The van der Waals surface area contributed by atoms with Gasteiger partial charge >= 0.3 is 6.16 Å². The summed E-state index contributed by atoms with van der Waals surface area (Å²) in [6.45, 7) is 6.31. The van der Waals surface area contributed by atoms with E-state index in [2.05, 4.69) is 26.0 Å². The molecule has 0 aromatic heterocycles. The molecule has 0 aliphatic heterocycles. The van der Waals surface area contributed by atoms with Crippen LogP contribution in [-0.2, 0) is 5.41 Å². The number of carbonyl (C=O) groups excluding carboxylic acids is 1. The lowest BCUT2D eigenvalue weighted by molar-refractivity contribution is 0.152. The summed E-state index contributed by atoms with van der Waals surface area (Å²) < 4.78 is 10.4. The smallest absolute Gasteiger partial charge is 0.395 e. The number of benzene rings is 3. The van der Waals surface area contributed by atoms with Crippen molar-refractivity contribution >= 4 is 6.16 Å². The molecule has 0 bridgehead atoms. The third-order valence-electron chi connectivity index (χ3n) is 4.49. The summed E-state index contributed by atoms with van der Waals surface area (Å²) in [5, 5.41) is 0. The van der Waals surface area contributed by atoms with Gasteiger partial charge in [-0.1, -0.05) is 74.0 Å². The zero-order valence-corrected chi connectivity index (χ0v) is 15.2. The maximum Gasteiger partial charge on any atom is 0.519 e. The van der Waals surface area contributed by atoms with Gasteiger partial charge in [-0.15, -0.1) is 0 Å². The molecule has 3 aromatic carbocycles. The number of ether oxygens (including phenoxy) is 2. The summed E-state index contributed by atoms with van der Waals surface area (Å²) in [4.78, 5) is 11.9. The molecule has 3 rings (SSSR count). The van der Waals surface area contributed by atoms with Crippen LogP contribution in [-0.4, -0.2) is 6.16 Å². The molecule has 3 nitrogen and oxygen atoms in total. The number of carbonyl (C=O) groups is 1. The molecule has 132 valence electrons. The lowest BCUT2D eigenvalue weighted by Gasteiger charge is -2.26. The summed E-state index contributed by atoms with van der Waals surface area (Å²) in [6.07, 6.45) is -0.746. The zero-order valence-electron chi connectivity index (χ0n) is 15.2. The average molecular weight is 346 g/mol. The van der Waals surface area contributed by atoms with Gasteiger partial charge in [-0.25, -0.2) is 4.79 Å². The van der Waals surface area contributed by atoms with Crippen LogP contribution in [0.1, 0.15) is 30.5 Å². The second-order valence-corrected chi connectivity index (χ2v) is 6.78. The van der Waals surface area contributed by atoms with Crippen LogP contribution in [0.5, 0.6) is 11.5 Å². The minimum absolute atomic E-state index is 0.137. The van der Waals surface area contributed by atoms with Gasteiger partial charge in [0.2, 0.25) is 0 Å². The van der Waals surface area contributed by atoms with Gasteiger partial charge in [-0.2, -0.15) is 0 Å². The van der Waals surface area contributed by atoms with Crippen LogP contribution in [0.15, 0.2) is 78.9 Å². The van der Waals surface area contributed by atoms with E-state index < -0.39 is 6.16 Å². The Balaban J connectivity index is 1.67. The highest BCUT2D eigenvalue weighted by molar-refractivity contribution is 5.67. The Labute approximate surface area is 154 Å². The predicted octanol–water partition coefficient (Wildman–Crippen LogP) is 5.90. The first-order valence-corrected chi connectivity index (χ1v) is 8.57. The van der Waals surface area contributed by atoms with Crippen molar-refractivity contribution in [1.82, 2.24) is 0 Å². The van der Waals surface area contributed by atoms with Crippen LogP contribution in [0, 0.1) is 6.92 Å². The summed E-state index contributed by atoms with van der Waals surface area (Å²) in [5.74, 6) is 0.914. The minimum Gasteiger partial charge on any atom is -0.395 e. The zero-order chi connectivity index (χ0) is 18.6. The normalized spacial score (nSPS) is 11.0. The highest BCUT2D eigenvalue weighted by atomic mass is 16.7. The van der Waals surface area contributed by atoms with Gasteiger partial charge in [0.05, 0.1) is 0 Å². The van der Waals surface area contributed by atoms with Crippen LogP contribution < -0.4 is 9.47 Å². The summed E-state index contributed by atoms with van der Waals surface area (Å²) in [5.41, 5.74) is 3.33. The summed E-state index contributed by atoms with van der Waals surface area (Å²) >= 11 is 0. The first-order chi connectivity index (χ1) is 12.4. The minimum atomic E-state index is -0.746. The first kappa shape index (κ1) is 17.7. The molecule has 0 radical (unpaired) electrons. The second-order valence-electron chi connectivity index (χ2n) is 6.78. The van der Waals surface area contributed by atoms with Gasteiger partial charge in [0, 0.05) is 5.41 Å². The molecular formula is C23H22O3. The van der Waals surface area contributed by atoms with Crippen LogP contribution in [0.25, 0.3) is 0 Å². The molecule has 0 spiro atoms. The van der Waals surface area contributed by atoms with E-state index in [-0.39, 0.29) is 5.41 Å². The molecule has 26 heavy (non-hydrogen) atoms. The van der Waals surface area contributed by atoms with Crippen LogP contribution in [0.3, 0.4) is 0 Å². The van der Waals surface area contributed by atoms with E-state index in [4.69, 9.17) is 9.47 Å². The molecule has 0 aliphatic carbocycles. The second kappa shape index (κ2) is 7.44. The van der Waals surface area contributed by atoms with E-state index >= 15 is 0 Å². The Morgan fingerprint density at radius 2 is 1.15 bits per heavy atom. The molecule has 3 heteroatoms. The molecule has 0 N–H and O–H groups in total. The Morgan fingerprint density at radius 3 is 1.69 bits per heavy atom. The van der Waals surface area contributed by atoms with Crippen molar-refractivity contribution in [3.63, 3.8) is 0 Å². The lowest BCUT2D eigenvalue weighted by atomic mass is 9.78. The predicted molar refractivity (Wildman–Crippen MR) is 103 cm³/mol. The molecule has 0 heterocycles. The standard InChI is InChI=1S/C23H22O3/c1-17-9-13-20(14-10-17)25-22(24)26-21-15-11-19(12-16-21)23(2,3)18-7-5-4-6-8-18/h4-16H,1-3H3. The van der Waals surface area contributed by atoms with Crippen LogP contribution >= 0.6 is 0 Å². The maximum atomic E-state index is 11.9. The van der Waals surface area contributed by atoms with Crippen molar-refractivity contribution < 1.29 is 14.3 Å². The summed E-state index contributed by atoms with van der Waals surface area (Å²) in [7, 11) is 0. The third-order valence-corrected chi connectivity index (χ3v) is 4.49. The highest BCUT2D eigenvalue weighted by Crippen LogP contribution is 2.32. The van der Waals surface area contributed by atoms with Gasteiger partial charge < -0.3 is 9.47 Å².